The van der Waals surface area contributed by atoms with E-state index in [1.165, 1.54) is 20.1 Å². The number of aliphatic hydroxyl groups excluding tert-OH is 1. The van der Waals surface area contributed by atoms with Crippen LogP contribution in [-0.2, 0) is 9.73 Å². The van der Waals surface area contributed by atoms with Gasteiger partial charge in [0.05, 0.1) is 52.1 Å². The van der Waals surface area contributed by atoms with Gasteiger partial charge < -0.3 is 20.5 Å². The number of hydrogen-bond acceptors (Lipinski definition) is 12. The van der Waals surface area contributed by atoms with Crippen molar-refractivity contribution in [1.82, 2.24) is 39.2 Å². The molecule has 1 unspecified atom stereocenters. The predicted octanol–water partition coefficient (Wildman–Crippen LogP) is 9.56. The molecule has 6 heterocycles. The summed E-state index contributed by atoms with van der Waals surface area (Å²) < 4.78 is 109. The van der Waals surface area contributed by atoms with Crippen LogP contribution in [-0.4, -0.2) is 91.4 Å². The molecule has 0 bridgehead atoms. The van der Waals surface area contributed by atoms with Gasteiger partial charge >= 0.3 is 12.4 Å². The smallest absolute Gasteiger partial charge is 0.391 e. The molecule has 4 N–H and O–H groups in total. The number of aromatic nitrogens is 8. The maximum Gasteiger partial charge on any atom is 0.391 e. The van der Waals surface area contributed by atoms with Gasteiger partial charge in [-0.25, -0.2) is 38.0 Å². The number of pyridine rings is 2. The normalized spacial score (nSPS) is 21.7. The Morgan fingerprint density at radius 2 is 1.19 bits per heavy atom. The molecule has 0 saturated heterocycles. The molecule has 0 radical (unpaired) electrons. The minimum Gasteiger partial charge on any atom is -0.474 e. The minimum atomic E-state index is -4.37. The van der Waals surface area contributed by atoms with Gasteiger partial charge in [-0.2, -0.15) is 26.3 Å². The fourth-order valence-corrected chi connectivity index (χ4v) is 9.42. The van der Waals surface area contributed by atoms with Crippen molar-refractivity contribution >= 4 is 32.7 Å². The summed E-state index contributed by atoms with van der Waals surface area (Å²) in [6, 6.07) is 9.06. The first kappa shape index (κ1) is 45.0. The third-order valence-corrected chi connectivity index (χ3v) is 12.9. The molecule has 2 aliphatic rings. The number of anilines is 2. The van der Waals surface area contributed by atoms with Gasteiger partial charge in [-0.3, -0.25) is 0 Å². The Bertz CT molecular complexity index is 2690. The summed E-state index contributed by atoms with van der Waals surface area (Å²) >= 11 is 0. The Labute approximate surface area is 365 Å². The first-order chi connectivity index (χ1) is 30.3. The summed E-state index contributed by atoms with van der Waals surface area (Å²) in [5, 5.41) is 25.2. The molecule has 0 amide bonds. The Balaban J connectivity index is 0.993. The zero-order valence-corrected chi connectivity index (χ0v) is 36.1. The van der Waals surface area contributed by atoms with Crippen LogP contribution in [0.25, 0.3) is 33.3 Å². The summed E-state index contributed by atoms with van der Waals surface area (Å²) in [6.07, 6.45) is 1.90. The van der Waals surface area contributed by atoms with Crippen LogP contribution in [0.15, 0.2) is 66.2 Å². The van der Waals surface area contributed by atoms with Crippen molar-refractivity contribution in [2.24, 2.45) is 0 Å². The van der Waals surface area contributed by atoms with Gasteiger partial charge in [0.2, 0.25) is 17.8 Å². The fourth-order valence-electron chi connectivity index (χ4n) is 8.84. The molecular formula is C43H49F6N11O3S. The van der Waals surface area contributed by atoms with Gasteiger partial charge in [-0.1, -0.05) is 0 Å². The molecule has 6 aromatic rings. The van der Waals surface area contributed by atoms with E-state index in [1.807, 2.05) is 18.2 Å². The van der Waals surface area contributed by atoms with E-state index in [0.717, 1.165) is 40.9 Å². The van der Waals surface area contributed by atoms with Crippen molar-refractivity contribution in [3.8, 4) is 28.1 Å². The molecule has 342 valence electrons. The van der Waals surface area contributed by atoms with Crippen molar-refractivity contribution in [1.29, 1.82) is 4.78 Å². The van der Waals surface area contributed by atoms with Gasteiger partial charge in [0, 0.05) is 82.3 Å². The van der Waals surface area contributed by atoms with E-state index < -0.39 is 47.0 Å². The number of rotatable bonds is 13. The minimum absolute atomic E-state index is 0.0113. The maximum atomic E-state index is 13.1. The molecule has 2 fully saturated rings. The van der Waals surface area contributed by atoms with Crippen molar-refractivity contribution < 1.29 is 40.4 Å². The van der Waals surface area contributed by atoms with E-state index in [4.69, 9.17) is 9.52 Å². The average Bonchev–Trinajstić information content (AvgIpc) is 3.79. The first-order valence-electron chi connectivity index (χ1n) is 21.2. The van der Waals surface area contributed by atoms with Crippen LogP contribution in [0, 0.1) is 4.78 Å². The lowest BCUT2D eigenvalue weighted by Crippen LogP contribution is -2.26. The molecule has 8 rings (SSSR count). The van der Waals surface area contributed by atoms with Crippen LogP contribution in [0.5, 0.6) is 5.88 Å². The molecule has 0 aliphatic heterocycles. The van der Waals surface area contributed by atoms with Crippen molar-refractivity contribution in [2.45, 2.75) is 132 Å². The Morgan fingerprint density at radius 1 is 0.719 bits per heavy atom. The second-order valence-corrected chi connectivity index (χ2v) is 19.3. The number of nitrogens with one attached hydrogen (secondary N) is 3. The SMILES string of the molecule is C[C@@H](CC(F)(F)F)Nc1ncc2c(-c3ccc(OC4CCC(c5cc(-c6ccc(S(C)(=N)=O)nc6)c6cnc(N[C@@H](C)CC(F)(F)F)nn56)CC4)nc3)cc(C3CCC(O)CC3)n2n1. The average molecular weight is 914 g/mol. The van der Waals surface area contributed by atoms with Gasteiger partial charge in [0.1, 0.15) is 11.1 Å². The molecular weight excluding hydrogens is 865 g/mol. The van der Waals surface area contributed by atoms with Gasteiger partial charge in [0.15, 0.2) is 0 Å². The standard InChI is InChI=1S/C43H49F6N11O3S/c1-24(18-42(44,45)46)55-40-53-22-36-32(16-34(59(36)57-40)26-4-10-30(61)11-5-26)28-8-14-38(51-20-28)63-31-12-6-27(7-13-31)35-17-33(29-9-15-39(52-21-29)64(3,50)62)37-23-54-41(58-60(35)37)56-25(2)19-43(47,48)49/h8-9,14-17,20-27,30-31,50,61H,4-7,10-13,18-19H2,1-3H3,(H,55,57)(H,56,58)/t24-,25-,26?,27?,30?,31?,64?/m0/s1. The highest BCUT2D eigenvalue weighted by Crippen LogP contribution is 2.40. The zero-order chi connectivity index (χ0) is 45.6. The number of nitrogens with zero attached hydrogens (tertiary/aromatic N) is 8. The molecule has 2 saturated carbocycles. The quantitative estimate of drug-likeness (QED) is 0.0811. The van der Waals surface area contributed by atoms with E-state index in [1.54, 1.807) is 52.0 Å². The van der Waals surface area contributed by atoms with Crippen molar-refractivity contribution in [3.05, 3.63) is 72.6 Å². The van der Waals surface area contributed by atoms with Gasteiger partial charge in [-0.15, -0.1) is 10.2 Å². The number of aliphatic hydroxyl groups is 1. The number of alkyl halides is 6. The molecule has 2 aliphatic carbocycles. The molecule has 3 atom stereocenters. The second kappa shape index (κ2) is 17.8. The lowest BCUT2D eigenvalue weighted by Gasteiger charge is -2.28. The largest absolute Gasteiger partial charge is 0.474 e. The molecule has 0 aromatic carbocycles. The van der Waals surface area contributed by atoms with Crippen LogP contribution >= 0.6 is 0 Å². The van der Waals surface area contributed by atoms with E-state index in [2.05, 4.69) is 40.8 Å². The second-order valence-electron chi connectivity index (χ2n) is 17.2. The Hall–Kier alpha value is -5.57. The highest BCUT2D eigenvalue weighted by molar-refractivity contribution is 7.91. The number of ether oxygens (including phenoxy) is 1. The summed E-state index contributed by atoms with van der Waals surface area (Å²) in [5.74, 6) is 0.657. The summed E-state index contributed by atoms with van der Waals surface area (Å²) in [4.78, 5) is 17.6. The zero-order valence-electron chi connectivity index (χ0n) is 35.3. The summed E-state index contributed by atoms with van der Waals surface area (Å²) in [6.45, 7) is 2.85. The third kappa shape index (κ3) is 10.5. The summed E-state index contributed by atoms with van der Waals surface area (Å²) in [7, 11) is -3.04. The van der Waals surface area contributed by atoms with E-state index in [0.29, 0.717) is 61.0 Å². The number of hydrogen-bond donors (Lipinski definition) is 4. The summed E-state index contributed by atoms with van der Waals surface area (Å²) in [5.41, 5.74) is 6.00. The topological polar surface area (TPSA) is 181 Å². The monoisotopic (exact) mass is 913 g/mol. The fraction of sp³-hybridized carbons (Fsp3) is 0.488. The Morgan fingerprint density at radius 3 is 1.61 bits per heavy atom. The molecule has 64 heavy (non-hydrogen) atoms. The van der Waals surface area contributed by atoms with Crippen LogP contribution in [0.2, 0.25) is 0 Å². The van der Waals surface area contributed by atoms with Crippen LogP contribution in [0.4, 0.5) is 38.2 Å². The number of halogens is 6. The molecule has 21 heteroatoms. The van der Waals surface area contributed by atoms with Crippen LogP contribution in [0.1, 0.15) is 101 Å². The third-order valence-electron chi connectivity index (χ3n) is 11.9. The lowest BCUT2D eigenvalue weighted by molar-refractivity contribution is -0.137. The van der Waals surface area contributed by atoms with Gasteiger partial charge in [0.25, 0.3) is 0 Å². The number of fused-ring (bicyclic) bond motifs is 2. The first-order valence-corrected chi connectivity index (χ1v) is 23.2. The molecule has 14 nitrogen and oxygen atoms in total. The predicted molar refractivity (Wildman–Crippen MR) is 228 cm³/mol. The highest BCUT2D eigenvalue weighted by atomic mass is 32.2. The van der Waals surface area contributed by atoms with Crippen molar-refractivity contribution in [3.63, 3.8) is 0 Å². The van der Waals surface area contributed by atoms with E-state index in [-0.39, 0.29) is 41.0 Å². The molecule has 6 aromatic heterocycles. The molecule has 0 spiro atoms. The van der Waals surface area contributed by atoms with Crippen molar-refractivity contribution in [2.75, 3.05) is 16.9 Å². The van der Waals surface area contributed by atoms with Crippen LogP contribution in [0.3, 0.4) is 0 Å². The van der Waals surface area contributed by atoms with Gasteiger partial charge in [-0.05, 0) is 95.5 Å². The highest BCUT2D eigenvalue weighted by Gasteiger charge is 2.33. The van der Waals surface area contributed by atoms with E-state index in [9.17, 15) is 35.7 Å². The van der Waals surface area contributed by atoms with E-state index >= 15 is 0 Å². The maximum absolute atomic E-state index is 13.1. The van der Waals surface area contributed by atoms with Crippen LogP contribution < -0.4 is 15.4 Å². The Kier molecular flexibility index (Phi) is 12.5. The lowest BCUT2D eigenvalue weighted by atomic mass is 9.85.